The molecule has 2 atom stereocenters. The van der Waals surface area contributed by atoms with Gasteiger partial charge in [0, 0.05) is 24.2 Å². The van der Waals surface area contributed by atoms with Crippen LogP contribution in [-0.4, -0.2) is 23.1 Å². The van der Waals surface area contributed by atoms with Crippen molar-refractivity contribution in [2.24, 2.45) is 11.8 Å². The maximum atomic E-state index is 12.8. The first-order valence-electron chi connectivity index (χ1n) is 8.74. The van der Waals surface area contributed by atoms with E-state index in [9.17, 15) is 18.9 Å². The second-order valence-corrected chi connectivity index (χ2v) is 6.63. The first-order valence-corrected chi connectivity index (χ1v) is 8.74. The number of nitro groups is 1. The maximum absolute atomic E-state index is 12.8. The summed E-state index contributed by atoms with van der Waals surface area (Å²) in [4.78, 5) is 10.6. The summed E-state index contributed by atoms with van der Waals surface area (Å²) in [6.07, 6.45) is 2.06. The largest absolute Gasteiger partial charge is 0.435 e. The number of nitro benzene ring substituents is 1. The Hall–Kier alpha value is -2.29. The number of benzene rings is 2. The van der Waals surface area contributed by atoms with Crippen molar-refractivity contribution in [3.05, 3.63) is 69.8 Å². The number of ether oxygens (including phenoxy) is 1. The number of hydrazine groups is 1. The molecule has 1 heterocycles. The summed E-state index contributed by atoms with van der Waals surface area (Å²) in [6, 6.07) is 13.3. The fourth-order valence-corrected chi connectivity index (χ4v) is 3.76. The molecule has 2 aromatic rings. The van der Waals surface area contributed by atoms with Gasteiger partial charge >= 0.3 is 6.61 Å². The summed E-state index contributed by atoms with van der Waals surface area (Å²) in [6.45, 7) is -2.27. The van der Waals surface area contributed by atoms with Crippen molar-refractivity contribution in [1.29, 1.82) is 0 Å². The zero-order valence-electron chi connectivity index (χ0n) is 15.0. The third kappa shape index (κ3) is 5.15. The normalized spacial score (nSPS) is 19.9. The van der Waals surface area contributed by atoms with Crippen molar-refractivity contribution in [2.75, 3.05) is 6.54 Å². The van der Waals surface area contributed by atoms with Crippen molar-refractivity contribution >= 4 is 18.1 Å². The van der Waals surface area contributed by atoms with Gasteiger partial charge in [0.1, 0.15) is 5.75 Å². The number of nitrogens with zero attached hydrogens (tertiary/aromatic N) is 2. The zero-order chi connectivity index (χ0) is 19.4. The fraction of sp³-hybridized carbons (Fsp3) is 0.368. The van der Waals surface area contributed by atoms with Crippen LogP contribution < -0.4 is 10.6 Å². The maximum Gasteiger partial charge on any atom is 0.387 e. The molecule has 1 aliphatic rings. The van der Waals surface area contributed by atoms with Gasteiger partial charge < -0.3 is 4.74 Å². The molecule has 28 heavy (non-hydrogen) atoms. The lowest BCUT2D eigenvalue weighted by molar-refractivity contribution is -0.385. The molecule has 2 N–H and O–H groups in total. The molecular weight excluding hydrogens is 392 g/mol. The number of rotatable bonds is 6. The van der Waals surface area contributed by atoms with Crippen molar-refractivity contribution in [1.82, 2.24) is 5.01 Å². The van der Waals surface area contributed by atoms with Crippen molar-refractivity contribution < 1.29 is 18.4 Å². The lowest BCUT2D eigenvalue weighted by atomic mass is 9.81. The van der Waals surface area contributed by atoms with Gasteiger partial charge in [-0.2, -0.15) is 8.78 Å². The molecule has 6 nitrogen and oxygen atoms in total. The van der Waals surface area contributed by atoms with Crippen LogP contribution in [0.3, 0.4) is 0 Å². The second kappa shape index (κ2) is 9.77. The van der Waals surface area contributed by atoms with E-state index in [1.807, 2.05) is 30.3 Å². The quantitative estimate of drug-likeness (QED) is 0.428. The molecule has 152 valence electrons. The Morgan fingerprint density at radius 1 is 1.25 bits per heavy atom. The highest BCUT2D eigenvalue weighted by molar-refractivity contribution is 5.85. The Kier molecular flexibility index (Phi) is 7.68. The Morgan fingerprint density at radius 3 is 2.61 bits per heavy atom. The van der Waals surface area contributed by atoms with Crippen LogP contribution in [0, 0.1) is 16.0 Å². The molecule has 0 spiro atoms. The fourth-order valence-electron chi connectivity index (χ4n) is 3.76. The van der Waals surface area contributed by atoms with E-state index in [1.54, 1.807) is 5.01 Å². The molecule has 2 aromatic carbocycles. The van der Waals surface area contributed by atoms with Gasteiger partial charge in [0.2, 0.25) is 0 Å². The van der Waals surface area contributed by atoms with E-state index >= 15 is 0 Å². The van der Waals surface area contributed by atoms with Crippen LogP contribution in [0.5, 0.6) is 5.75 Å². The van der Waals surface area contributed by atoms with Crippen molar-refractivity contribution in [3.63, 3.8) is 0 Å². The Bertz CT molecular complexity index is 795. The summed E-state index contributed by atoms with van der Waals surface area (Å²) in [5, 5.41) is 12.9. The van der Waals surface area contributed by atoms with E-state index < -0.39 is 11.5 Å². The highest BCUT2D eigenvalue weighted by Crippen LogP contribution is 2.38. The lowest BCUT2D eigenvalue weighted by Gasteiger charge is -2.39. The van der Waals surface area contributed by atoms with Gasteiger partial charge in [-0.1, -0.05) is 30.3 Å². The third-order valence-electron chi connectivity index (χ3n) is 4.89. The minimum Gasteiger partial charge on any atom is -0.435 e. The van der Waals surface area contributed by atoms with Gasteiger partial charge in [0.05, 0.1) is 11.0 Å². The average molecular weight is 414 g/mol. The molecule has 0 radical (unpaired) electrons. The molecule has 1 aliphatic heterocycles. The van der Waals surface area contributed by atoms with E-state index in [1.165, 1.54) is 18.2 Å². The number of hydrogen-bond donors (Lipinski definition) is 1. The molecule has 1 saturated heterocycles. The molecular formula is C19H22ClF2N3O3. The smallest absolute Gasteiger partial charge is 0.387 e. The summed E-state index contributed by atoms with van der Waals surface area (Å²) in [5.74, 6) is 6.22. The Balaban J connectivity index is 0.00000280. The summed E-state index contributed by atoms with van der Waals surface area (Å²) >= 11 is 0. The molecule has 0 saturated carbocycles. The SMILES string of the molecule is Cl.NN1CCC[C@@H](Cc2cc([N+](=O)[O-])ccc2OC(F)F)[C@H]1c1ccccc1. The van der Waals surface area contributed by atoms with E-state index in [0.717, 1.165) is 24.9 Å². The molecule has 0 aromatic heterocycles. The van der Waals surface area contributed by atoms with E-state index in [4.69, 9.17) is 5.84 Å². The molecule has 3 rings (SSSR count). The highest BCUT2D eigenvalue weighted by atomic mass is 35.5. The second-order valence-electron chi connectivity index (χ2n) is 6.63. The predicted molar refractivity (Wildman–Crippen MR) is 103 cm³/mol. The Labute approximate surface area is 167 Å². The van der Waals surface area contributed by atoms with Crippen LogP contribution in [0.25, 0.3) is 0 Å². The van der Waals surface area contributed by atoms with E-state index in [2.05, 4.69) is 4.74 Å². The zero-order valence-corrected chi connectivity index (χ0v) is 15.9. The monoisotopic (exact) mass is 413 g/mol. The standard InChI is InChI=1S/C19H21F2N3O3.ClH/c20-19(21)27-17-9-8-16(24(25)26)12-15(17)11-14-7-4-10-23(22)18(14)13-5-2-1-3-6-13;/h1-3,5-6,8-9,12,14,18-19H,4,7,10-11,22H2;1H/t14-,18+;/m0./s1. The summed E-state index contributed by atoms with van der Waals surface area (Å²) in [7, 11) is 0. The third-order valence-corrected chi connectivity index (χ3v) is 4.89. The minimum absolute atomic E-state index is 0. The lowest BCUT2D eigenvalue weighted by Crippen LogP contribution is -2.44. The molecule has 0 aliphatic carbocycles. The molecule has 1 fully saturated rings. The summed E-state index contributed by atoms with van der Waals surface area (Å²) in [5.41, 5.74) is 1.28. The van der Waals surface area contributed by atoms with Crippen LogP contribution in [0.1, 0.15) is 30.0 Å². The van der Waals surface area contributed by atoms with Crippen molar-refractivity contribution in [2.45, 2.75) is 31.9 Å². The van der Waals surface area contributed by atoms with Gasteiger partial charge in [0.15, 0.2) is 0 Å². The number of nitrogens with two attached hydrogens (primary N) is 1. The average Bonchev–Trinajstić information content (AvgIpc) is 2.63. The van der Waals surface area contributed by atoms with Crippen LogP contribution in [0.2, 0.25) is 0 Å². The minimum atomic E-state index is -2.99. The van der Waals surface area contributed by atoms with Crippen LogP contribution >= 0.6 is 12.4 Å². The molecule has 0 bridgehead atoms. The predicted octanol–water partition coefficient (Wildman–Crippen LogP) is 4.49. The molecule has 0 unspecified atom stereocenters. The number of hydrogen-bond acceptors (Lipinski definition) is 5. The van der Waals surface area contributed by atoms with Crippen LogP contribution in [-0.2, 0) is 6.42 Å². The van der Waals surface area contributed by atoms with Gasteiger partial charge in [-0.25, -0.2) is 5.01 Å². The topological polar surface area (TPSA) is 81.6 Å². The van der Waals surface area contributed by atoms with E-state index in [-0.39, 0.29) is 35.8 Å². The molecule has 0 amide bonds. The number of alkyl halides is 2. The van der Waals surface area contributed by atoms with Gasteiger partial charge in [-0.05, 0) is 36.8 Å². The van der Waals surface area contributed by atoms with Crippen molar-refractivity contribution in [3.8, 4) is 5.75 Å². The van der Waals surface area contributed by atoms with Crippen LogP contribution in [0.4, 0.5) is 14.5 Å². The van der Waals surface area contributed by atoms with E-state index in [0.29, 0.717) is 12.0 Å². The van der Waals surface area contributed by atoms with Gasteiger partial charge in [-0.3, -0.25) is 16.0 Å². The number of halogens is 3. The van der Waals surface area contributed by atoms with Gasteiger partial charge in [0.25, 0.3) is 5.69 Å². The summed E-state index contributed by atoms with van der Waals surface area (Å²) < 4.78 is 30.1. The van der Waals surface area contributed by atoms with Gasteiger partial charge in [-0.15, -0.1) is 12.4 Å². The Morgan fingerprint density at radius 2 is 1.96 bits per heavy atom. The molecule has 9 heteroatoms. The first-order chi connectivity index (χ1) is 13.0. The number of piperidine rings is 1. The number of non-ortho nitro benzene ring substituents is 1. The van der Waals surface area contributed by atoms with Crippen LogP contribution in [0.15, 0.2) is 48.5 Å². The highest BCUT2D eigenvalue weighted by Gasteiger charge is 2.32. The first kappa shape index (κ1) is 22.0.